The quantitative estimate of drug-likeness (QED) is 0.719. The molecule has 3 aromatic rings. The third-order valence-corrected chi connectivity index (χ3v) is 3.11. The van der Waals surface area contributed by atoms with Crippen LogP contribution < -0.4 is 4.74 Å². The van der Waals surface area contributed by atoms with E-state index in [-0.39, 0.29) is 0 Å². The highest BCUT2D eigenvalue weighted by Crippen LogP contribution is 2.21. The highest BCUT2D eigenvalue weighted by molar-refractivity contribution is 5.59. The average Bonchev–Trinajstić information content (AvgIpc) is 2.93. The van der Waals surface area contributed by atoms with E-state index in [1.54, 1.807) is 4.68 Å². The van der Waals surface area contributed by atoms with E-state index in [9.17, 15) is 0 Å². The molecule has 1 heterocycles. The lowest BCUT2D eigenvalue weighted by molar-refractivity contribution is 0.306. The standard InChI is InChI=1S/C17H16N2O/c1-19-12-11-17(18-19)15-7-9-16(10-8-15)20-13-14-5-3-2-4-6-14/h2-12H,13H2,1H3. The highest BCUT2D eigenvalue weighted by atomic mass is 16.5. The fourth-order valence-corrected chi connectivity index (χ4v) is 2.03. The van der Waals surface area contributed by atoms with Crippen molar-refractivity contribution in [1.82, 2.24) is 9.78 Å². The molecule has 0 radical (unpaired) electrons. The molecule has 0 aliphatic carbocycles. The smallest absolute Gasteiger partial charge is 0.119 e. The molecule has 3 nitrogen and oxygen atoms in total. The van der Waals surface area contributed by atoms with Crippen LogP contribution in [0.3, 0.4) is 0 Å². The molecule has 0 aliphatic heterocycles. The van der Waals surface area contributed by atoms with Crippen LogP contribution in [-0.2, 0) is 13.7 Å². The lowest BCUT2D eigenvalue weighted by atomic mass is 10.1. The Balaban J connectivity index is 1.67. The molecule has 2 aromatic carbocycles. The minimum absolute atomic E-state index is 0.587. The van der Waals surface area contributed by atoms with Crippen LogP contribution in [0.25, 0.3) is 11.3 Å². The maximum Gasteiger partial charge on any atom is 0.119 e. The van der Waals surface area contributed by atoms with Crippen molar-refractivity contribution in [2.45, 2.75) is 6.61 Å². The molecule has 0 amide bonds. The minimum atomic E-state index is 0.587. The first-order chi connectivity index (χ1) is 9.81. The zero-order chi connectivity index (χ0) is 13.8. The van der Waals surface area contributed by atoms with Gasteiger partial charge in [0.1, 0.15) is 12.4 Å². The number of benzene rings is 2. The van der Waals surface area contributed by atoms with E-state index in [4.69, 9.17) is 4.74 Å². The molecule has 0 bridgehead atoms. The Bertz CT molecular complexity index is 672. The largest absolute Gasteiger partial charge is 0.489 e. The van der Waals surface area contributed by atoms with Crippen molar-refractivity contribution in [2.75, 3.05) is 0 Å². The summed E-state index contributed by atoms with van der Waals surface area (Å²) in [5, 5.41) is 4.38. The van der Waals surface area contributed by atoms with Crippen molar-refractivity contribution in [3.63, 3.8) is 0 Å². The Kier molecular flexibility index (Phi) is 3.50. The summed E-state index contributed by atoms with van der Waals surface area (Å²) in [5.41, 5.74) is 3.24. The molecule has 0 unspecified atom stereocenters. The first kappa shape index (κ1) is 12.5. The average molecular weight is 264 g/mol. The van der Waals surface area contributed by atoms with Gasteiger partial charge in [0.05, 0.1) is 5.69 Å². The van der Waals surface area contributed by atoms with Crippen molar-refractivity contribution in [1.29, 1.82) is 0 Å². The summed E-state index contributed by atoms with van der Waals surface area (Å²) >= 11 is 0. The molecule has 0 aliphatic rings. The maximum atomic E-state index is 5.76. The van der Waals surface area contributed by atoms with E-state index in [0.717, 1.165) is 17.0 Å². The zero-order valence-electron chi connectivity index (χ0n) is 11.4. The van der Waals surface area contributed by atoms with Gasteiger partial charge in [-0.05, 0) is 35.9 Å². The van der Waals surface area contributed by atoms with Crippen LogP contribution in [0.1, 0.15) is 5.56 Å². The Hall–Kier alpha value is -2.55. The van der Waals surface area contributed by atoms with Crippen molar-refractivity contribution in [2.24, 2.45) is 7.05 Å². The van der Waals surface area contributed by atoms with Gasteiger partial charge >= 0.3 is 0 Å². The van der Waals surface area contributed by atoms with E-state index in [1.807, 2.05) is 61.8 Å². The number of hydrogen-bond acceptors (Lipinski definition) is 2. The zero-order valence-corrected chi connectivity index (χ0v) is 11.4. The Morgan fingerprint density at radius 3 is 2.35 bits per heavy atom. The van der Waals surface area contributed by atoms with E-state index in [1.165, 1.54) is 5.56 Å². The van der Waals surface area contributed by atoms with Gasteiger partial charge in [-0.25, -0.2) is 0 Å². The van der Waals surface area contributed by atoms with Crippen molar-refractivity contribution < 1.29 is 4.74 Å². The number of rotatable bonds is 4. The summed E-state index contributed by atoms with van der Waals surface area (Å²) in [6, 6.07) is 20.2. The lowest BCUT2D eigenvalue weighted by Gasteiger charge is -2.06. The van der Waals surface area contributed by atoms with Gasteiger partial charge in [0, 0.05) is 18.8 Å². The molecule has 0 saturated carbocycles. The molecule has 0 spiro atoms. The van der Waals surface area contributed by atoms with Crippen LogP contribution in [0.4, 0.5) is 0 Å². The molecule has 0 atom stereocenters. The van der Waals surface area contributed by atoms with Crippen molar-refractivity contribution in [3.05, 3.63) is 72.4 Å². The second-order valence-electron chi connectivity index (χ2n) is 4.67. The van der Waals surface area contributed by atoms with Crippen molar-refractivity contribution in [3.8, 4) is 17.0 Å². The number of nitrogens with zero attached hydrogens (tertiary/aromatic N) is 2. The molecule has 0 fully saturated rings. The fraction of sp³-hybridized carbons (Fsp3) is 0.118. The van der Waals surface area contributed by atoms with Gasteiger partial charge in [-0.2, -0.15) is 5.10 Å². The molecule has 3 rings (SSSR count). The van der Waals surface area contributed by atoms with E-state index < -0.39 is 0 Å². The minimum Gasteiger partial charge on any atom is -0.489 e. The van der Waals surface area contributed by atoms with Gasteiger partial charge in [-0.1, -0.05) is 30.3 Å². The molecule has 1 aromatic heterocycles. The normalized spacial score (nSPS) is 10.4. The van der Waals surface area contributed by atoms with Gasteiger partial charge in [0.2, 0.25) is 0 Å². The van der Waals surface area contributed by atoms with E-state index in [0.29, 0.717) is 6.61 Å². The number of aryl methyl sites for hydroxylation is 1. The summed E-state index contributed by atoms with van der Waals surface area (Å²) in [5.74, 6) is 0.869. The summed E-state index contributed by atoms with van der Waals surface area (Å²) < 4.78 is 7.56. The van der Waals surface area contributed by atoms with Crippen LogP contribution in [0, 0.1) is 0 Å². The SMILES string of the molecule is Cn1ccc(-c2ccc(OCc3ccccc3)cc2)n1. The first-order valence-corrected chi connectivity index (χ1v) is 6.58. The van der Waals surface area contributed by atoms with Gasteiger partial charge in [0.25, 0.3) is 0 Å². The maximum absolute atomic E-state index is 5.76. The highest BCUT2D eigenvalue weighted by Gasteiger charge is 2.01. The third kappa shape index (κ3) is 2.88. The topological polar surface area (TPSA) is 27.1 Å². The van der Waals surface area contributed by atoms with Crippen molar-refractivity contribution >= 4 is 0 Å². The van der Waals surface area contributed by atoms with Crippen LogP contribution in [0.5, 0.6) is 5.75 Å². The summed E-state index contributed by atoms with van der Waals surface area (Å²) in [6.45, 7) is 0.587. The number of ether oxygens (including phenoxy) is 1. The predicted molar refractivity (Wildman–Crippen MR) is 79.4 cm³/mol. The Labute approximate surface area is 118 Å². The summed E-state index contributed by atoms with van der Waals surface area (Å²) in [4.78, 5) is 0. The predicted octanol–water partition coefficient (Wildman–Crippen LogP) is 3.67. The number of hydrogen-bond donors (Lipinski definition) is 0. The lowest BCUT2D eigenvalue weighted by Crippen LogP contribution is -1.94. The molecule has 3 heteroatoms. The van der Waals surface area contributed by atoms with Gasteiger partial charge in [0.15, 0.2) is 0 Å². The van der Waals surface area contributed by atoms with Crippen LogP contribution >= 0.6 is 0 Å². The van der Waals surface area contributed by atoms with Gasteiger partial charge < -0.3 is 4.74 Å². The molecule has 0 saturated heterocycles. The van der Waals surface area contributed by atoms with Crippen LogP contribution in [0.15, 0.2) is 66.9 Å². The van der Waals surface area contributed by atoms with Crippen LogP contribution in [-0.4, -0.2) is 9.78 Å². The monoisotopic (exact) mass is 264 g/mol. The Morgan fingerprint density at radius 1 is 0.950 bits per heavy atom. The molecular formula is C17H16N2O. The van der Waals surface area contributed by atoms with Crippen LogP contribution in [0.2, 0.25) is 0 Å². The van der Waals surface area contributed by atoms with E-state index in [2.05, 4.69) is 17.2 Å². The number of aromatic nitrogens is 2. The Morgan fingerprint density at radius 2 is 1.70 bits per heavy atom. The molecular weight excluding hydrogens is 248 g/mol. The molecule has 0 N–H and O–H groups in total. The van der Waals surface area contributed by atoms with E-state index >= 15 is 0 Å². The van der Waals surface area contributed by atoms with Gasteiger partial charge in [-0.3, -0.25) is 4.68 Å². The summed E-state index contributed by atoms with van der Waals surface area (Å²) in [6.07, 6.45) is 1.94. The fourth-order valence-electron chi connectivity index (χ4n) is 2.03. The second kappa shape index (κ2) is 5.61. The van der Waals surface area contributed by atoms with Gasteiger partial charge in [-0.15, -0.1) is 0 Å². The second-order valence-corrected chi connectivity index (χ2v) is 4.67. The molecule has 100 valence electrons. The third-order valence-electron chi connectivity index (χ3n) is 3.11. The summed E-state index contributed by atoms with van der Waals surface area (Å²) in [7, 11) is 1.92. The first-order valence-electron chi connectivity index (χ1n) is 6.58. The molecule has 20 heavy (non-hydrogen) atoms.